The van der Waals surface area contributed by atoms with Crippen molar-refractivity contribution in [1.82, 2.24) is 0 Å². The van der Waals surface area contributed by atoms with Crippen molar-refractivity contribution in [2.75, 3.05) is 0 Å². The second kappa shape index (κ2) is 3.26. The number of carbonyl (C=O) groups is 1. The van der Waals surface area contributed by atoms with Crippen LogP contribution in [0.4, 0.5) is 0 Å². The molecule has 1 aliphatic rings. The summed E-state index contributed by atoms with van der Waals surface area (Å²) in [7, 11) is 0. The number of carboxylic acid groups (broad SMARTS) is 1. The molecule has 0 aliphatic heterocycles. The van der Waals surface area contributed by atoms with E-state index in [1.165, 1.54) is 0 Å². The molecule has 0 heterocycles. The molecule has 74 valence electrons. The van der Waals surface area contributed by atoms with Gasteiger partial charge in [0.2, 0.25) is 0 Å². The van der Waals surface area contributed by atoms with Gasteiger partial charge >= 0.3 is 5.97 Å². The minimum Gasteiger partial charge on any atom is -0.478 e. The van der Waals surface area contributed by atoms with Crippen molar-refractivity contribution in [1.29, 1.82) is 0 Å². The average Bonchev–Trinajstić information content (AvgIpc) is 2.47. The Kier molecular flexibility index (Phi) is 2.21. The molecule has 2 rings (SSSR count). The van der Waals surface area contributed by atoms with Crippen LogP contribution < -0.4 is 5.73 Å². The van der Waals surface area contributed by atoms with Gasteiger partial charge in [0, 0.05) is 6.04 Å². The van der Waals surface area contributed by atoms with Crippen LogP contribution in [-0.2, 0) is 6.42 Å². The van der Waals surface area contributed by atoms with Crippen molar-refractivity contribution in [3.05, 3.63) is 33.8 Å². The predicted octanol–water partition coefficient (Wildman–Crippen LogP) is 1.98. The summed E-state index contributed by atoms with van der Waals surface area (Å²) in [6.07, 6.45) is 1.64. The van der Waals surface area contributed by atoms with Crippen molar-refractivity contribution >= 4 is 17.6 Å². The standard InChI is InChI=1S/C10H10ClNO2/c11-6-3-1-5-2-4-7(12)8(5)9(6)10(13)14/h1,3,7H,2,4,12H2,(H,13,14)/t7-/m1/s1. The minimum absolute atomic E-state index is 0.175. The van der Waals surface area contributed by atoms with E-state index in [-0.39, 0.29) is 16.6 Å². The highest BCUT2D eigenvalue weighted by molar-refractivity contribution is 6.33. The highest BCUT2D eigenvalue weighted by Gasteiger charge is 2.26. The van der Waals surface area contributed by atoms with Gasteiger partial charge in [-0.1, -0.05) is 17.7 Å². The molecule has 0 radical (unpaired) electrons. The van der Waals surface area contributed by atoms with E-state index >= 15 is 0 Å². The molecule has 0 spiro atoms. The summed E-state index contributed by atoms with van der Waals surface area (Å²) < 4.78 is 0. The van der Waals surface area contributed by atoms with E-state index < -0.39 is 5.97 Å². The fourth-order valence-corrected chi connectivity index (χ4v) is 2.20. The molecule has 3 nitrogen and oxygen atoms in total. The van der Waals surface area contributed by atoms with E-state index in [1.807, 2.05) is 6.07 Å². The molecular formula is C10H10ClNO2. The minimum atomic E-state index is -0.996. The Bertz CT molecular complexity index is 403. The molecule has 1 atom stereocenters. The Morgan fingerprint density at radius 2 is 2.29 bits per heavy atom. The van der Waals surface area contributed by atoms with Gasteiger partial charge < -0.3 is 10.8 Å². The van der Waals surface area contributed by atoms with Gasteiger partial charge in [0.05, 0.1) is 10.6 Å². The summed E-state index contributed by atoms with van der Waals surface area (Å²) in [5, 5.41) is 9.28. The quantitative estimate of drug-likeness (QED) is 0.747. The molecule has 0 saturated heterocycles. The first-order chi connectivity index (χ1) is 6.61. The molecule has 1 aromatic carbocycles. The second-order valence-corrected chi connectivity index (χ2v) is 3.85. The topological polar surface area (TPSA) is 63.3 Å². The average molecular weight is 212 g/mol. The highest BCUT2D eigenvalue weighted by atomic mass is 35.5. The van der Waals surface area contributed by atoms with Gasteiger partial charge in [-0.2, -0.15) is 0 Å². The zero-order chi connectivity index (χ0) is 10.3. The summed E-state index contributed by atoms with van der Waals surface area (Å²) in [5.74, 6) is -0.996. The summed E-state index contributed by atoms with van der Waals surface area (Å²) in [6, 6.07) is 3.30. The molecule has 0 amide bonds. The first-order valence-electron chi connectivity index (χ1n) is 4.41. The van der Waals surface area contributed by atoms with Gasteiger partial charge in [-0.05, 0) is 30.0 Å². The Morgan fingerprint density at radius 3 is 2.93 bits per heavy atom. The van der Waals surface area contributed by atoms with E-state index in [9.17, 15) is 4.79 Å². The fraction of sp³-hybridized carbons (Fsp3) is 0.300. The molecule has 0 saturated carbocycles. The van der Waals surface area contributed by atoms with Crippen LogP contribution in [0.1, 0.15) is 33.9 Å². The van der Waals surface area contributed by atoms with Crippen LogP contribution in [-0.4, -0.2) is 11.1 Å². The number of nitrogens with two attached hydrogens (primary N) is 1. The lowest BCUT2D eigenvalue weighted by atomic mass is 10.0. The number of hydrogen-bond acceptors (Lipinski definition) is 2. The lowest BCUT2D eigenvalue weighted by molar-refractivity contribution is 0.0695. The van der Waals surface area contributed by atoms with Crippen molar-refractivity contribution in [2.24, 2.45) is 5.73 Å². The summed E-state index contributed by atoms with van der Waals surface area (Å²) in [6.45, 7) is 0. The van der Waals surface area contributed by atoms with Crippen molar-refractivity contribution in [2.45, 2.75) is 18.9 Å². The lowest BCUT2D eigenvalue weighted by Crippen LogP contribution is -2.12. The number of benzene rings is 1. The molecule has 0 aromatic heterocycles. The van der Waals surface area contributed by atoms with E-state index in [4.69, 9.17) is 22.4 Å². The van der Waals surface area contributed by atoms with Crippen LogP contribution in [0.25, 0.3) is 0 Å². The van der Waals surface area contributed by atoms with Gasteiger partial charge in [0.15, 0.2) is 0 Å². The van der Waals surface area contributed by atoms with Gasteiger partial charge in [-0.3, -0.25) is 0 Å². The third kappa shape index (κ3) is 1.29. The maximum atomic E-state index is 11.0. The summed E-state index contributed by atoms with van der Waals surface area (Å²) in [4.78, 5) is 11.0. The van der Waals surface area contributed by atoms with Crippen LogP contribution in [0.5, 0.6) is 0 Å². The second-order valence-electron chi connectivity index (χ2n) is 3.45. The van der Waals surface area contributed by atoms with Crippen LogP contribution in [0.15, 0.2) is 12.1 Å². The number of carboxylic acids is 1. The molecule has 3 N–H and O–H groups in total. The summed E-state index contributed by atoms with van der Waals surface area (Å²) >= 11 is 5.83. The number of aromatic carboxylic acids is 1. The van der Waals surface area contributed by atoms with E-state index in [1.54, 1.807) is 6.07 Å². The third-order valence-corrected chi connectivity index (χ3v) is 2.91. The SMILES string of the molecule is N[C@@H]1CCc2ccc(Cl)c(C(=O)O)c21. The molecule has 1 aliphatic carbocycles. The van der Waals surface area contributed by atoms with Crippen molar-refractivity contribution < 1.29 is 9.90 Å². The van der Waals surface area contributed by atoms with Crippen LogP contribution >= 0.6 is 11.6 Å². The maximum absolute atomic E-state index is 11.0. The Labute approximate surface area is 86.5 Å². The number of halogens is 1. The van der Waals surface area contributed by atoms with E-state index in [0.29, 0.717) is 5.56 Å². The van der Waals surface area contributed by atoms with Crippen LogP contribution in [0, 0.1) is 0 Å². The van der Waals surface area contributed by atoms with Crippen molar-refractivity contribution in [3.63, 3.8) is 0 Å². The van der Waals surface area contributed by atoms with Gasteiger partial charge in [-0.25, -0.2) is 4.79 Å². The van der Waals surface area contributed by atoms with Gasteiger partial charge in [-0.15, -0.1) is 0 Å². The highest BCUT2D eigenvalue weighted by Crippen LogP contribution is 2.35. The monoisotopic (exact) mass is 211 g/mol. The predicted molar refractivity (Wildman–Crippen MR) is 53.7 cm³/mol. The molecular weight excluding hydrogens is 202 g/mol. The zero-order valence-corrected chi connectivity index (χ0v) is 8.21. The Morgan fingerprint density at radius 1 is 1.57 bits per heavy atom. The first kappa shape index (κ1) is 9.49. The molecule has 14 heavy (non-hydrogen) atoms. The Balaban J connectivity index is 2.68. The van der Waals surface area contributed by atoms with Gasteiger partial charge in [0.25, 0.3) is 0 Å². The number of aryl methyl sites for hydroxylation is 1. The smallest absolute Gasteiger partial charge is 0.337 e. The van der Waals surface area contributed by atoms with Crippen LogP contribution in [0.2, 0.25) is 5.02 Å². The first-order valence-corrected chi connectivity index (χ1v) is 4.79. The molecule has 0 bridgehead atoms. The normalized spacial score (nSPS) is 19.4. The van der Waals surface area contributed by atoms with Gasteiger partial charge in [0.1, 0.15) is 0 Å². The Hall–Kier alpha value is -1.06. The third-order valence-electron chi connectivity index (χ3n) is 2.59. The largest absolute Gasteiger partial charge is 0.478 e. The number of hydrogen-bond donors (Lipinski definition) is 2. The lowest BCUT2D eigenvalue weighted by Gasteiger charge is -2.10. The van der Waals surface area contributed by atoms with Crippen molar-refractivity contribution in [3.8, 4) is 0 Å². The summed E-state index contributed by atoms with van der Waals surface area (Å²) in [5.41, 5.74) is 7.73. The van der Waals surface area contributed by atoms with E-state index in [2.05, 4.69) is 0 Å². The van der Waals surface area contributed by atoms with Crippen LogP contribution in [0.3, 0.4) is 0 Å². The number of rotatable bonds is 1. The zero-order valence-electron chi connectivity index (χ0n) is 7.46. The fourth-order valence-electron chi connectivity index (χ4n) is 1.95. The molecule has 0 unspecified atom stereocenters. The van der Waals surface area contributed by atoms with E-state index in [0.717, 1.165) is 18.4 Å². The molecule has 0 fully saturated rings. The molecule has 1 aromatic rings. The number of fused-ring (bicyclic) bond motifs is 1. The molecule has 4 heteroatoms. The maximum Gasteiger partial charge on any atom is 0.337 e.